The Morgan fingerprint density at radius 1 is 1.03 bits per heavy atom. The van der Waals surface area contributed by atoms with E-state index in [9.17, 15) is 0 Å². The van der Waals surface area contributed by atoms with Crippen molar-refractivity contribution in [3.8, 4) is 23.0 Å². The molecule has 29 heavy (non-hydrogen) atoms. The number of aromatic nitrogens is 7. The van der Waals surface area contributed by atoms with Gasteiger partial charge in [0.15, 0.2) is 11.6 Å². The van der Waals surface area contributed by atoms with Gasteiger partial charge in [-0.05, 0) is 25.7 Å². The second-order valence-electron chi connectivity index (χ2n) is 8.03. The fourth-order valence-corrected chi connectivity index (χ4v) is 4.97. The average Bonchev–Trinajstić information content (AvgIpc) is 3.13. The van der Waals surface area contributed by atoms with E-state index < -0.39 is 0 Å². The van der Waals surface area contributed by atoms with Crippen LogP contribution >= 0.6 is 0 Å². The zero-order valence-corrected chi connectivity index (χ0v) is 15.8. The second-order valence-corrected chi connectivity index (χ2v) is 8.03. The van der Waals surface area contributed by atoms with Gasteiger partial charge in [-0.3, -0.25) is 9.13 Å². The molecule has 3 unspecified atom stereocenters. The topological polar surface area (TPSA) is 77.5 Å². The number of hydrogen-bond acceptors (Lipinski definition) is 6. The van der Waals surface area contributed by atoms with Crippen molar-refractivity contribution in [1.29, 1.82) is 0 Å². The molecule has 0 radical (unpaired) electrons. The summed E-state index contributed by atoms with van der Waals surface area (Å²) in [5, 5.41) is 8.82. The van der Waals surface area contributed by atoms with Gasteiger partial charge in [0.25, 0.3) is 0 Å². The SMILES string of the molecule is Cc1nnc2n1-c1cnc(-n3ccnc3-c3ccccc3)nc1N1C2CC2CC21. The number of hydrogen-bond donors (Lipinski definition) is 0. The van der Waals surface area contributed by atoms with Crippen LogP contribution in [0.25, 0.3) is 23.0 Å². The maximum absolute atomic E-state index is 5.04. The highest BCUT2D eigenvalue weighted by atomic mass is 15.4. The lowest BCUT2D eigenvalue weighted by molar-refractivity contribution is 0.561. The van der Waals surface area contributed by atoms with E-state index >= 15 is 0 Å². The zero-order valence-electron chi connectivity index (χ0n) is 15.8. The first kappa shape index (κ1) is 15.4. The number of anilines is 1. The second kappa shape index (κ2) is 5.28. The van der Waals surface area contributed by atoms with Crippen LogP contribution in [0.4, 0.5) is 5.82 Å². The van der Waals surface area contributed by atoms with Crippen LogP contribution < -0.4 is 4.90 Å². The first-order chi connectivity index (χ1) is 14.3. The van der Waals surface area contributed by atoms with Crippen molar-refractivity contribution in [2.24, 2.45) is 5.92 Å². The van der Waals surface area contributed by atoms with Crippen molar-refractivity contribution in [3.05, 3.63) is 60.6 Å². The average molecular weight is 382 g/mol. The van der Waals surface area contributed by atoms with Gasteiger partial charge in [0.05, 0.1) is 12.2 Å². The van der Waals surface area contributed by atoms with Crippen LogP contribution in [0.5, 0.6) is 0 Å². The van der Waals surface area contributed by atoms with Crippen LogP contribution in [0, 0.1) is 12.8 Å². The van der Waals surface area contributed by atoms with Gasteiger partial charge in [-0.1, -0.05) is 30.3 Å². The Labute approximate surface area is 166 Å². The Morgan fingerprint density at radius 3 is 2.83 bits per heavy atom. The third-order valence-corrected chi connectivity index (χ3v) is 6.36. The summed E-state index contributed by atoms with van der Waals surface area (Å²) < 4.78 is 4.08. The van der Waals surface area contributed by atoms with E-state index in [1.54, 1.807) is 6.20 Å². The molecule has 1 saturated heterocycles. The van der Waals surface area contributed by atoms with Crippen molar-refractivity contribution in [2.45, 2.75) is 31.8 Å². The molecule has 1 aliphatic carbocycles. The van der Waals surface area contributed by atoms with Crippen molar-refractivity contribution in [2.75, 3.05) is 4.90 Å². The highest BCUT2D eigenvalue weighted by Crippen LogP contribution is 2.57. The molecular formula is C21H18N8. The fraction of sp³-hybridized carbons (Fsp3) is 0.286. The first-order valence-corrected chi connectivity index (χ1v) is 9.96. The molecule has 3 atom stereocenters. The lowest BCUT2D eigenvalue weighted by atomic mass is 10.1. The van der Waals surface area contributed by atoms with Crippen LogP contribution in [-0.4, -0.2) is 40.3 Å². The molecule has 1 saturated carbocycles. The van der Waals surface area contributed by atoms with E-state index in [1.165, 1.54) is 6.42 Å². The van der Waals surface area contributed by atoms with Gasteiger partial charge in [-0.2, -0.15) is 4.98 Å². The summed E-state index contributed by atoms with van der Waals surface area (Å²) in [5.41, 5.74) is 2.01. The van der Waals surface area contributed by atoms with Crippen LogP contribution in [0.2, 0.25) is 0 Å². The van der Waals surface area contributed by atoms with Gasteiger partial charge in [0.2, 0.25) is 5.95 Å². The summed E-state index contributed by atoms with van der Waals surface area (Å²) in [6.07, 6.45) is 7.98. The minimum atomic E-state index is 0.256. The number of piperidine rings is 1. The molecule has 1 aromatic carbocycles. The summed E-state index contributed by atoms with van der Waals surface area (Å²) in [5.74, 6) is 5.09. The lowest BCUT2D eigenvalue weighted by Crippen LogP contribution is -2.34. The first-order valence-electron chi connectivity index (χ1n) is 9.96. The normalized spacial score (nSPS) is 23.3. The van der Waals surface area contributed by atoms with Crippen LogP contribution in [0.1, 0.15) is 30.5 Å². The van der Waals surface area contributed by atoms with Gasteiger partial charge in [-0.15, -0.1) is 10.2 Å². The van der Waals surface area contributed by atoms with Crippen molar-refractivity contribution in [3.63, 3.8) is 0 Å². The molecule has 2 fully saturated rings. The minimum Gasteiger partial charge on any atom is -0.341 e. The summed E-state index contributed by atoms with van der Waals surface area (Å²) in [6, 6.07) is 11.0. The van der Waals surface area contributed by atoms with Gasteiger partial charge in [0, 0.05) is 24.0 Å². The molecule has 4 aromatic rings. The summed E-state index contributed by atoms with van der Waals surface area (Å²) in [4.78, 5) is 16.7. The molecule has 0 bridgehead atoms. The number of benzene rings is 1. The van der Waals surface area contributed by atoms with Gasteiger partial charge >= 0.3 is 0 Å². The quantitative estimate of drug-likeness (QED) is 0.531. The van der Waals surface area contributed by atoms with Gasteiger partial charge in [-0.25, -0.2) is 9.97 Å². The molecule has 0 spiro atoms. The van der Waals surface area contributed by atoms with E-state index in [1.807, 2.05) is 42.1 Å². The van der Waals surface area contributed by atoms with E-state index in [2.05, 4.69) is 36.8 Å². The molecule has 0 N–H and O–H groups in total. The predicted molar refractivity (Wildman–Crippen MR) is 106 cm³/mol. The fourth-order valence-electron chi connectivity index (χ4n) is 4.97. The largest absolute Gasteiger partial charge is 0.341 e. The molecule has 7 rings (SSSR count). The van der Waals surface area contributed by atoms with E-state index in [0.717, 1.165) is 46.9 Å². The molecule has 8 nitrogen and oxygen atoms in total. The van der Waals surface area contributed by atoms with Crippen LogP contribution in [-0.2, 0) is 0 Å². The Kier molecular flexibility index (Phi) is 2.80. The number of aryl methyl sites for hydroxylation is 1. The number of fused-ring (bicyclic) bond motifs is 8. The third kappa shape index (κ3) is 2.00. The summed E-state index contributed by atoms with van der Waals surface area (Å²) in [6.45, 7) is 1.99. The van der Waals surface area contributed by atoms with Crippen molar-refractivity contribution in [1.82, 2.24) is 34.3 Å². The highest BCUT2D eigenvalue weighted by molar-refractivity contribution is 5.66. The van der Waals surface area contributed by atoms with E-state index in [0.29, 0.717) is 12.0 Å². The zero-order chi connectivity index (χ0) is 19.1. The number of nitrogens with zero attached hydrogens (tertiary/aromatic N) is 8. The lowest BCUT2D eigenvalue weighted by Gasteiger charge is -2.34. The Bertz CT molecular complexity index is 1260. The molecule has 2 aliphatic heterocycles. The van der Waals surface area contributed by atoms with Crippen LogP contribution in [0.3, 0.4) is 0 Å². The maximum Gasteiger partial charge on any atom is 0.237 e. The Balaban J connectivity index is 1.42. The molecule has 142 valence electrons. The Hall–Kier alpha value is -3.55. The molecule has 3 aliphatic rings. The summed E-state index contributed by atoms with van der Waals surface area (Å²) in [7, 11) is 0. The van der Waals surface area contributed by atoms with Crippen molar-refractivity contribution < 1.29 is 0 Å². The van der Waals surface area contributed by atoms with Crippen molar-refractivity contribution >= 4 is 5.82 Å². The molecule has 5 heterocycles. The summed E-state index contributed by atoms with van der Waals surface area (Å²) >= 11 is 0. The molecule has 8 heteroatoms. The standard InChI is InChI=1S/C21H18N8/c1-12-25-26-20-16-10-14-9-15(14)29(16)19-17(28(12)20)11-23-21(24-19)27-8-7-22-18(27)13-5-3-2-4-6-13/h2-8,11,14-16H,9-10H2,1H3. The van der Waals surface area contributed by atoms with Crippen LogP contribution in [0.15, 0.2) is 48.9 Å². The number of imidazole rings is 1. The third-order valence-electron chi connectivity index (χ3n) is 6.36. The number of rotatable bonds is 2. The molecule has 0 amide bonds. The highest BCUT2D eigenvalue weighted by Gasteiger charge is 2.56. The predicted octanol–water partition coefficient (Wildman–Crippen LogP) is 2.87. The monoisotopic (exact) mass is 382 g/mol. The maximum atomic E-state index is 5.04. The smallest absolute Gasteiger partial charge is 0.237 e. The Morgan fingerprint density at radius 2 is 1.93 bits per heavy atom. The van der Waals surface area contributed by atoms with Gasteiger partial charge in [0.1, 0.15) is 17.3 Å². The van der Waals surface area contributed by atoms with Gasteiger partial charge < -0.3 is 4.90 Å². The molecular weight excluding hydrogens is 364 g/mol. The molecule has 3 aromatic heterocycles. The minimum absolute atomic E-state index is 0.256. The van der Waals surface area contributed by atoms with E-state index in [-0.39, 0.29) is 6.04 Å². The van der Waals surface area contributed by atoms with E-state index in [4.69, 9.17) is 9.97 Å².